The van der Waals surface area contributed by atoms with E-state index < -0.39 is 0 Å². The number of hydrogen-bond donors (Lipinski definition) is 0. The molecule has 0 saturated heterocycles. The average molecular weight is 662 g/mol. The summed E-state index contributed by atoms with van der Waals surface area (Å²) in [6.07, 6.45) is 11.6. The topological polar surface area (TPSA) is 56.3 Å². The zero-order valence-electron chi connectivity index (χ0n) is 29.1. The number of benzene rings is 1. The van der Waals surface area contributed by atoms with E-state index in [4.69, 9.17) is 21.3 Å². The molecule has 6 heteroatoms. The normalized spacial score (nSPS) is 39.8. The van der Waals surface area contributed by atoms with Gasteiger partial charge < -0.3 is 4.74 Å². The van der Waals surface area contributed by atoms with E-state index in [0.717, 1.165) is 53.3 Å². The quantitative estimate of drug-likeness (QED) is 0.306. The molecule has 1 heterocycles. The molecule has 0 spiro atoms. The molecule has 248 valence electrons. The van der Waals surface area contributed by atoms with Crippen LogP contribution in [0.3, 0.4) is 0 Å². The Labute approximate surface area is 285 Å². The van der Waals surface area contributed by atoms with Crippen LogP contribution in [0.15, 0.2) is 41.6 Å². The predicted octanol–water partition coefficient (Wildman–Crippen LogP) is 10.6. The summed E-state index contributed by atoms with van der Waals surface area (Å²) in [5, 5.41) is 1.74. The van der Waals surface area contributed by atoms with E-state index in [-0.39, 0.29) is 45.1 Å². The summed E-state index contributed by atoms with van der Waals surface area (Å²) in [6.45, 7) is 18.6. The van der Waals surface area contributed by atoms with Crippen LogP contribution in [0.2, 0.25) is 5.02 Å². The van der Waals surface area contributed by atoms with Gasteiger partial charge in [-0.25, -0.2) is 4.98 Å². The van der Waals surface area contributed by atoms with Crippen molar-refractivity contribution >= 4 is 34.7 Å². The lowest BCUT2D eigenvalue weighted by Gasteiger charge is -2.72. The Morgan fingerprint density at radius 2 is 1.65 bits per heavy atom. The molecule has 1 unspecified atom stereocenters. The molecule has 46 heavy (non-hydrogen) atoms. The van der Waals surface area contributed by atoms with Crippen LogP contribution in [0.25, 0.3) is 10.6 Å². The van der Waals surface area contributed by atoms with Gasteiger partial charge in [-0.05, 0) is 115 Å². The maximum absolute atomic E-state index is 14.1. The number of allylic oxidation sites excluding steroid dienone is 2. The predicted molar refractivity (Wildman–Crippen MR) is 187 cm³/mol. The molecular formula is C40H52ClNO3S. The first-order valence-corrected chi connectivity index (χ1v) is 19.0. The highest BCUT2D eigenvalue weighted by molar-refractivity contribution is 7.15. The minimum absolute atomic E-state index is 0.00456. The van der Waals surface area contributed by atoms with Gasteiger partial charge in [0.15, 0.2) is 5.78 Å². The molecule has 0 aliphatic heterocycles. The molecule has 4 fully saturated rings. The number of halogens is 1. The molecule has 5 aliphatic rings. The van der Waals surface area contributed by atoms with Crippen molar-refractivity contribution in [2.24, 2.45) is 45.3 Å². The highest BCUT2D eigenvalue weighted by Crippen LogP contribution is 2.77. The van der Waals surface area contributed by atoms with E-state index in [1.54, 1.807) is 18.3 Å². The number of esters is 1. The fourth-order valence-electron chi connectivity index (χ4n) is 12.5. The summed E-state index contributed by atoms with van der Waals surface area (Å²) in [5.74, 6) is 1.97. The van der Waals surface area contributed by atoms with E-state index >= 15 is 0 Å². The number of rotatable bonds is 4. The Hall–Kier alpha value is -1.98. The first kappa shape index (κ1) is 32.6. The number of nitrogens with zero attached hydrogens (tertiary/aromatic N) is 1. The first-order valence-electron chi connectivity index (χ1n) is 17.8. The lowest BCUT2D eigenvalue weighted by molar-refractivity contribution is -0.231. The third kappa shape index (κ3) is 4.38. The zero-order chi connectivity index (χ0) is 33.0. The molecule has 4 nitrogen and oxygen atoms in total. The summed E-state index contributed by atoms with van der Waals surface area (Å²) < 4.78 is 5.96. The number of ether oxygens (including phenoxy) is 1. The van der Waals surface area contributed by atoms with Gasteiger partial charge in [-0.3, -0.25) is 9.59 Å². The van der Waals surface area contributed by atoms with Crippen LogP contribution in [0, 0.1) is 45.3 Å². The number of fused-ring (bicyclic) bond motifs is 7. The molecule has 0 radical (unpaired) electrons. The Morgan fingerprint density at radius 3 is 2.33 bits per heavy atom. The van der Waals surface area contributed by atoms with Crippen LogP contribution >= 0.6 is 22.9 Å². The van der Waals surface area contributed by atoms with Gasteiger partial charge in [-0.15, -0.1) is 11.3 Å². The molecular weight excluding hydrogens is 610 g/mol. The van der Waals surface area contributed by atoms with E-state index in [9.17, 15) is 9.59 Å². The van der Waals surface area contributed by atoms with Crippen molar-refractivity contribution in [1.82, 2.24) is 4.98 Å². The molecule has 1 aromatic heterocycles. The molecule has 0 bridgehead atoms. The number of aromatic nitrogens is 1. The highest BCUT2D eigenvalue weighted by Gasteiger charge is 2.70. The van der Waals surface area contributed by atoms with Crippen molar-refractivity contribution in [1.29, 1.82) is 0 Å². The van der Waals surface area contributed by atoms with Crippen molar-refractivity contribution in [2.45, 2.75) is 125 Å². The van der Waals surface area contributed by atoms with Gasteiger partial charge in [-0.1, -0.05) is 72.2 Å². The zero-order valence-corrected chi connectivity index (χ0v) is 30.7. The van der Waals surface area contributed by atoms with Gasteiger partial charge in [0.05, 0.1) is 0 Å². The van der Waals surface area contributed by atoms with E-state index in [0.29, 0.717) is 30.0 Å². The second-order valence-corrected chi connectivity index (χ2v) is 18.7. The Kier molecular flexibility index (Phi) is 7.62. The van der Waals surface area contributed by atoms with Crippen LogP contribution in [0.5, 0.6) is 0 Å². The number of carbonyl (C=O) groups is 2. The number of ketones is 1. The van der Waals surface area contributed by atoms with Gasteiger partial charge in [0, 0.05) is 45.8 Å². The Balaban J connectivity index is 1.28. The number of carbonyl (C=O) groups excluding carboxylic acids is 2. The maximum Gasteiger partial charge on any atom is 0.302 e. The van der Waals surface area contributed by atoms with Crippen LogP contribution in [-0.4, -0.2) is 22.8 Å². The molecule has 8 atom stereocenters. The van der Waals surface area contributed by atoms with E-state index in [1.165, 1.54) is 29.7 Å². The van der Waals surface area contributed by atoms with Gasteiger partial charge in [0.1, 0.15) is 11.1 Å². The largest absolute Gasteiger partial charge is 0.462 e. The number of hydrogen-bond acceptors (Lipinski definition) is 5. The first-order chi connectivity index (χ1) is 21.6. The number of thiazole rings is 1. The Bertz CT molecular complexity index is 1610. The van der Waals surface area contributed by atoms with Crippen molar-refractivity contribution in [3.05, 3.63) is 51.5 Å². The molecule has 5 aliphatic carbocycles. The summed E-state index contributed by atoms with van der Waals surface area (Å²) in [6, 6.07) is 7.97. The summed E-state index contributed by atoms with van der Waals surface area (Å²) in [4.78, 5) is 32.4. The fraction of sp³-hybridized carbons (Fsp3) is 0.675. The highest BCUT2D eigenvalue weighted by atomic mass is 35.5. The van der Waals surface area contributed by atoms with E-state index in [2.05, 4.69) is 66.8 Å². The molecule has 0 amide bonds. The van der Waals surface area contributed by atoms with Crippen molar-refractivity contribution in [3.63, 3.8) is 0 Å². The standard InChI is InChI=1S/C40H52ClNO3S/c1-23(2)33-28(44)21-40(32-22-42-35(46-32)25-9-11-26(41)12-10-25)20-19-38(7)27(34(33)40)13-14-30-37(6)17-16-31(45-24(3)43)36(4,5)29(37)15-18-39(30,38)8/h9-12,22-23,27,29-31H,13-21H2,1-8H3/t27?,29-,30+,31-,37-,38+,39+,40-/m0/s1. The lowest BCUT2D eigenvalue weighted by atomic mass is 9.33. The van der Waals surface area contributed by atoms with Gasteiger partial charge >= 0.3 is 5.97 Å². The van der Waals surface area contributed by atoms with Crippen LogP contribution in [0.1, 0.15) is 118 Å². The molecule has 2 aromatic rings. The summed E-state index contributed by atoms with van der Waals surface area (Å²) in [5.41, 5.74) is 3.92. The van der Waals surface area contributed by atoms with Gasteiger partial charge in [0.25, 0.3) is 0 Å². The summed E-state index contributed by atoms with van der Waals surface area (Å²) in [7, 11) is 0. The second-order valence-electron chi connectivity index (χ2n) is 17.3. The average Bonchev–Trinajstić information content (AvgIpc) is 3.59. The molecule has 1 aromatic carbocycles. The van der Waals surface area contributed by atoms with E-state index in [1.807, 2.05) is 12.1 Å². The van der Waals surface area contributed by atoms with Crippen LogP contribution in [0.4, 0.5) is 0 Å². The smallest absolute Gasteiger partial charge is 0.302 e. The molecule has 0 N–H and O–H groups in total. The monoisotopic (exact) mass is 661 g/mol. The van der Waals surface area contributed by atoms with Crippen molar-refractivity contribution < 1.29 is 14.3 Å². The van der Waals surface area contributed by atoms with Crippen LogP contribution < -0.4 is 0 Å². The second kappa shape index (κ2) is 10.8. The van der Waals surface area contributed by atoms with Crippen LogP contribution in [-0.2, 0) is 19.7 Å². The minimum atomic E-state index is -0.239. The molecule has 7 rings (SSSR count). The van der Waals surface area contributed by atoms with Gasteiger partial charge in [0.2, 0.25) is 0 Å². The van der Waals surface area contributed by atoms with Crippen molar-refractivity contribution in [3.8, 4) is 10.6 Å². The third-order valence-corrected chi connectivity index (χ3v) is 16.2. The van der Waals surface area contributed by atoms with Crippen molar-refractivity contribution in [2.75, 3.05) is 0 Å². The number of Topliss-reactive ketones (excluding diaryl/α,β-unsaturated/α-hetero) is 1. The van der Waals surface area contributed by atoms with Gasteiger partial charge in [-0.2, -0.15) is 0 Å². The third-order valence-electron chi connectivity index (χ3n) is 14.7. The fourth-order valence-corrected chi connectivity index (χ4v) is 13.8. The minimum Gasteiger partial charge on any atom is -0.462 e. The lowest BCUT2D eigenvalue weighted by Crippen LogP contribution is -2.66. The molecule has 4 saturated carbocycles. The summed E-state index contributed by atoms with van der Waals surface area (Å²) >= 11 is 7.99. The maximum atomic E-state index is 14.1. The SMILES string of the molecule is CC(=O)O[C@H]1CC[C@]2(C)[C@H]3CCC4C5=C(C(C)C)C(=O)C[C@]5(c5cnc(-c6ccc(Cl)cc6)s5)CC[C@@]4(C)[C@]3(C)CC[C@H]2C1(C)C. The Morgan fingerprint density at radius 1 is 0.935 bits per heavy atom.